The average Bonchev–Trinajstić information content (AvgIpc) is 2.41. The zero-order chi connectivity index (χ0) is 15.0. The summed E-state index contributed by atoms with van der Waals surface area (Å²) in [6.07, 6.45) is 2.79. The first-order chi connectivity index (χ1) is 9.58. The number of nitrogens with one attached hydrogen (secondary N) is 1. The van der Waals surface area contributed by atoms with Gasteiger partial charge in [-0.25, -0.2) is 4.68 Å². The Morgan fingerprint density at radius 2 is 2.30 bits per heavy atom. The molecule has 114 valence electrons. The van der Waals surface area contributed by atoms with Crippen LogP contribution in [0.3, 0.4) is 0 Å². The third-order valence-electron chi connectivity index (χ3n) is 3.09. The number of hydrogen-bond donors (Lipinski definition) is 1. The Morgan fingerprint density at radius 1 is 1.55 bits per heavy atom. The third kappa shape index (κ3) is 5.30. The van der Waals surface area contributed by atoms with Crippen molar-refractivity contribution < 1.29 is 4.74 Å². The van der Waals surface area contributed by atoms with Gasteiger partial charge in [0.1, 0.15) is 0 Å². The Hall–Kier alpha value is -1.40. The van der Waals surface area contributed by atoms with E-state index in [1.807, 2.05) is 18.9 Å². The van der Waals surface area contributed by atoms with E-state index in [-0.39, 0.29) is 11.6 Å². The number of hydrogen-bond acceptors (Lipinski definition) is 5. The van der Waals surface area contributed by atoms with Gasteiger partial charge in [-0.3, -0.25) is 4.79 Å². The first kappa shape index (κ1) is 16.7. The lowest BCUT2D eigenvalue weighted by molar-refractivity contribution is 0.171. The van der Waals surface area contributed by atoms with Crippen molar-refractivity contribution in [3.05, 3.63) is 22.6 Å². The smallest absolute Gasteiger partial charge is 0.268 e. The van der Waals surface area contributed by atoms with Crippen LogP contribution in [0.25, 0.3) is 0 Å². The molecular formula is C14H26N4O2. The highest BCUT2D eigenvalue weighted by molar-refractivity contribution is 5.41. The second kappa shape index (κ2) is 8.71. The minimum absolute atomic E-state index is 0.0633. The molecule has 20 heavy (non-hydrogen) atoms. The predicted molar refractivity (Wildman–Crippen MR) is 81.4 cm³/mol. The lowest BCUT2D eigenvalue weighted by atomic mass is 10.3. The fourth-order valence-electron chi connectivity index (χ4n) is 1.99. The number of ether oxygens (including phenoxy) is 1. The molecule has 1 atom stereocenters. The zero-order valence-electron chi connectivity index (χ0n) is 12.9. The van der Waals surface area contributed by atoms with Crippen molar-refractivity contribution >= 4 is 5.69 Å². The van der Waals surface area contributed by atoms with Crippen molar-refractivity contribution in [2.24, 2.45) is 0 Å². The van der Waals surface area contributed by atoms with Crippen molar-refractivity contribution in [3.8, 4) is 0 Å². The Balaban J connectivity index is 2.54. The van der Waals surface area contributed by atoms with E-state index in [2.05, 4.69) is 17.3 Å². The average molecular weight is 282 g/mol. The van der Waals surface area contributed by atoms with Gasteiger partial charge in [-0.05, 0) is 13.3 Å². The predicted octanol–water partition coefficient (Wildman–Crippen LogP) is 0.714. The van der Waals surface area contributed by atoms with Crippen LogP contribution >= 0.6 is 0 Å². The number of nitrogens with zero attached hydrogens (tertiary/aromatic N) is 3. The molecule has 0 radical (unpaired) electrons. The summed E-state index contributed by atoms with van der Waals surface area (Å²) in [6.45, 7) is 6.98. The molecule has 0 saturated heterocycles. The van der Waals surface area contributed by atoms with Gasteiger partial charge >= 0.3 is 0 Å². The van der Waals surface area contributed by atoms with E-state index in [0.717, 1.165) is 18.7 Å². The summed E-state index contributed by atoms with van der Waals surface area (Å²) in [5.41, 5.74) is 0.806. The first-order valence-corrected chi connectivity index (χ1v) is 7.09. The fourth-order valence-corrected chi connectivity index (χ4v) is 1.99. The molecule has 1 unspecified atom stereocenters. The maximum absolute atomic E-state index is 12.0. The summed E-state index contributed by atoms with van der Waals surface area (Å²) < 4.78 is 6.52. The minimum Gasteiger partial charge on any atom is -0.383 e. The number of methoxy groups -OCH3 is 1. The highest BCUT2D eigenvalue weighted by Gasteiger charge is 2.05. The fraction of sp³-hybridized carbons (Fsp3) is 0.714. The summed E-state index contributed by atoms with van der Waals surface area (Å²) >= 11 is 0. The van der Waals surface area contributed by atoms with Gasteiger partial charge in [0.2, 0.25) is 0 Å². The molecule has 0 aliphatic rings. The third-order valence-corrected chi connectivity index (χ3v) is 3.09. The maximum atomic E-state index is 12.0. The molecule has 0 fully saturated rings. The summed E-state index contributed by atoms with van der Waals surface area (Å²) in [4.78, 5) is 14.0. The van der Waals surface area contributed by atoms with Crippen LogP contribution in [0.1, 0.15) is 20.3 Å². The Kier molecular flexibility index (Phi) is 7.25. The van der Waals surface area contributed by atoms with E-state index in [0.29, 0.717) is 19.7 Å². The van der Waals surface area contributed by atoms with Crippen molar-refractivity contribution in [2.75, 3.05) is 38.8 Å². The zero-order valence-corrected chi connectivity index (χ0v) is 12.9. The van der Waals surface area contributed by atoms with Gasteiger partial charge in [-0.1, -0.05) is 6.92 Å². The molecule has 1 aromatic rings. The number of rotatable bonds is 9. The van der Waals surface area contributed by atoms with Gasteiger partial charge in [0.15, 0.2) is 0 Å². The van der Waals surface area contributed by atoms with Crippen molar-refractivity contribution in [3.63, 3.8) is 0 Å². The van der Waals surface area contributed by atoms with Crippen LogP contribution in [0.5, 0.6) is 0 Å². The van der Waals surface area contributed by atoms with E-state index >= 15 is 0 Å². The van der Waals surface area contributed by atoms with Crippen molar-refractivity contribution in [1.29, 1.82) is 0 Å². The largest absolute Gasteiger partial charge is 0.383 e. The molecule has 0 aliphatic heterocycles. The molecule has 0 bridgehead atoms. The maximum Gasteiger partial charge on any atom is 0.268 e. The number of anilines is 1. The molecule has 1 N–H and O–H groups in total. The lowest BCUT2D eigenvalue weighted by Gasteiger charge is -2.18. The van der Waals surface area contributed by atoms with Gasteiger partial charge in [0.05, 0.1) is 25.0 Å². The quantitative estimate of drug-likeness (QED) is 0.723. The molecule has 0 amide bonds. The van der Waals surface area contributed by atoms with Gasteiger partial charge in [-0.15, -0.1) is 0 Å². The molecule has 6 nitrogen and oxygen atoms in total. The molecule has 1 rings (SSSR count). The lowest BCUT2D eigenvalue weighted by Crippen LogP contribution is -2.35. The van der Waals surface area contributed by atoms with Crippen LogP contribution in [0, 0.1) is 0 Å². The van der Waals surface area contributed by atoms with Crippen LogP contribution in [-0.4, -0.2) is 49.7 Å². The van der Waals surface area contributed by atoms with E-state index in [4.69, 9.17) is 4.74 Å². The summed E-state index contributed by atoms with van der Waals surface area (Å²) in [6, 6.07) is 1.91. The monoisotopic (exact) mass is 282 g/mol. The van der Waals surface area contributed by atoms with Crippen molar-refractivity contribution in [1.82, 2.24) is 15.1 Å². The van der Waals surface area contributed by atoms with Gasteiger partial charge in [0, 0.05) is 39.4 Å². The van der Waals surface area contributed by atoms with Crippen molar-refractivity contribution in [2.45, 2.75) is 32.9 Å². The van der Waals surface area contributed by atoms with Gasteiger partial charge < -0.3 is 15.0 Å². The van der Waals surface area contributed by atoms with E-state index in [1.165, 1.54) is 4.68 Å². The first-order valence-electron chi connectivity index (χ1n) is 7.09. The normalized spacial score (nSPS) is 12.4. The van der Waals surface area contributed by atoms with E-state index in [9.17, 15) is 4.79 Å². The molecule has 0 spiro atoms. The Labute approximate surface area is 120 Å². The second-order valence-electron chi connectivity index (χ2n) is 5.01. The number of aromatic nitrogens is 2. The van der Waals surface area contributed by atoms with Crippen LogP contribution < -0.4 is 15.8 Å². The molecule has 1 aromatic heterocycles. The summed E-state index contributed by atoms with van der Waals surface area (Å²) in [5, 5.41) is 7.50. The Morgan fingerprint density at radius 3 is 2.90 bits per heavy atom. The second-order valence-corrected chi connectivity index (χ2v) is 5.01. The molecule has 1 heterocycles. The minimum atomic E-state index is -0.0633. The Bertz CT molecular complexity index is 447. The van der Waals surface area contributed by atoms with Crippen LogP contribution in [0.2, 0.25) is 0 Å². The van der Waals surface area contributed by atoms with E-state index < -0.39 is 0 Å². The topological polar surface area (TPSA) is 59.4 Å². The SMILES string of the molecule is CCCN(C)c1cnn(CCNC(C)COC)c(=O)c1. The highest BCUT2D eigenvalue weighted by Crippen LogP contribution is 2.06. The van der Waals surface area contributed by atoms with Gasteiger partial charge in [0.25, 0.3) is 5.56 Å². The molecule has 0 saturated carbocycles. The highest BCUT2D eigenvalue weighted by atomic mass is 16.5. The van der Waals surface area contributed by atoms with Gasteiger partial charge in [-0.2, -0.15) is 5.10 Å². The summed E-state index contributed by atoms with van der Waals surface area (Å²) in [7, 11) is 3.65. The molecule has 6 heteroatoms. The van der Waals surface area contributed by atoms with Crippen LogP contribution in [0.15, 0.2) is 17.1 Å². The molecule has 0 aliphatic carbocycles. The van der Waals surface area contributed by atoms with E-state index in [1.54, 1.807) is 19.4 Å². The molecule has 0 aromatic carbocycles. The molecular weight excluding hydrogens is 256 g/mol. The van der Waals surface area contributed by atoms with Crippen LogP contribution in [-0.2, 0) is 11.3 Å². The summed E-state index contributed by atoms with van der Waals surface area (Å²) in [5.74, 6) is 0. The van der Waals surface area contributed by atoms with Crippen LogP contribution in [0.4, 0.5) is 5.69 Å². The standard InChI is InChI=1S/C14H26N4O2/c1-5-7-17(3)13-9-14(19)18(16-10-13)8-6-15-12(2)11-20-4/h9-10,12,15H,5-8,11H2,1-4H3.